The summed E-state index contributed by atoms with van der Waals surface area (Å²) in [6, 6.07) is 0. The highest BCUT2D eigenvalue weighted by Crippen LogP contribution is 2.64. The van der Waals surface area contributed by atoms with Crippen molar-refractivity contribution in [3.63, 3.8) is 0 Å². The lowest BCUT2D eigenvalue weighted by Crippen LogP contribution is -2.61. The third-order valence-corrected chi connectivity index (χ3v) is 8.67. The van der Waals surface area contributed by atoms with E-state index in [1.165, 1.54) is 38.5 Å². The van der Waals surface area contributed by atoms with Gasteiger partial charge < -0.3 is 10.2 Å². The first-order valence-corrected chi connectivity index (χ1v) is 11.0. The summed E-state index contributed by atoms with van der Waals surface area (Å²) in [7, 11) is 0. The Morgan fingerprint density at radius 2 is 2.00 bits per heavy atom. The Kier molecular flexibility index (Phi) is 3.40. The Bertz CT molecular complexity index is 724. The molecule has 3 atom stereocenters. The first-order valence-electron chi connectivity index (χ1n) is 11.0. The van der Waals surface area contributed by atoms with E-state index in [2.05, 4.69) is 25.0 Å². The third kappa shape index (κ3) is 2.38. The Hall–Kier alpha value is -1.43. The SMILES string of the molecule is O=C(N1CC[C@@]2(CCCNC2)C1)C12C[C@@H]3C[C@@H](C1)CC(n1cncn1)(C3)C2. The van der Waals surface area contributed by atoms with E-state index in [1.54, 1.807) is 6.33 Å². The molecule has 0 radical (unpaired) electrons. The summed E-state index contributed by atoms with van der Waals surface area (Å²) in [6.07, 6.45) is 14.2. The molecule has 6 nitrogen and oxygen atoms in total. The molecule has 4 bridgehead atoms. The lowest BCUT2D eigenvalue weighted by Gasteiger charge is -2.61. The maximum Gasteiger partial charge on any atom is 0.228 e. The maximum atomic E-state index is 13.9. The Morgan fingerprint density at radius 1 is 1.15 bits per heavy atom. The number of rotatable bonds is 2. The molecule has 1 amide bonds. The average molecular weight is 370 g/mol. The molecule has 3 heterocycles. The van der Waals surface area contributed by atoms with E-state index < -0.39 is 0 Å². The summed E-state index contributed by atoms with van der Waals surface area (Å²) in [5.41, 5.74) is 0.253. The van der Waals surface area contributed by atoms with Crippen LogP contribution in [0.4, 0.5) is 0 Å². The van der Waals surface area contributed by atoms with Crippen molar-refractivity contribution in [2.24, 2.45) is 22.7 Å². The van der Waals surface area contributed by atoms with Crippen molar-refractivity contribution in [3.8, 4) is 0 Å². The molecule has 1 N–H and O–H groups in total. The number of hydrogen-bond donors (Lipinski definition) is 1. The van der Waals surface area contributed by atoms with Gasteiger partial charge in [-0.25, -0.2) is 9.67 Å². The van der Waals surface area contributed by atoms with Crippen LogP contribution in [0.25, 0.3) is 0 Å². The number of aromatic nitrogens is 3. The molecule has 1 aromatic rings. The normalized spacial score (nSPS) is 45.7. The lowest BCUT2D eigenvalue weighted by atomic mass is 9.46. The zero-order valence-electron chi connectivity index (χ0n) is 16.2. The molecule has 6 fully saturated rings. The van der Waals surface area contributed by atoms with Crippen LogP contribution < -0.4 is 5.32 Å². The molecule has 4 saturated carbocycles. The number of carbonyl (C=O) groups is 1. The van der Waals surface area contributed by atoms with E-state index in [1.807, 2.05) is 6.33 Å². The van der Waals surface area contributed by atoms with Crippen molar-refractivity contribution in [1.29, 1.82) is 0 Å². The highest BCUT2D eigenvalue weighted by Gasteiger charge is 2.63. The number of nitrogens with zero attached hydrogens (tertiary/aromatic N) is 4. The van der Waals surface area contributed by atoms with Gasteiger partial charge in [-0.2, -0.15) is 5.10 Å². The highest BCUT2D eigenvalue weighted by molar-refractivity contribution is 5.84. The van der Waals surface area contributed by atoms with Gasteiger partial charge in [0.25, 0.3) is 0 Å². The van der Waals surface area contributed by atoms with E-state index in [9.17, 15) is 4.79 Å². The second-order valence-corrected chi connectivity index (χ2v) is 10.6. The van der Waals surface area contributed by atoms with Gasteiger partial charge >= 0.3 is 0 Å². The van der Waals surface area contributed by atoms with E-state index in [4.69, 9.17) is 0 Å². The topological polar surface area (TPSA) is 63.1 Å². The molecule has 0 unspecified atom stereocenters. The summed E-state index contributed by atoms with van der Waals surface area (Å²) >= 11 is 0. The van der Waals surface area contributed by atoms with Crippen LogP contribution in [0.5, 0.6) is 0 Å². The molecule has 2 saturated heterocycles. The first-order chi connectivity index (χ1) is 13.1. The summed E-state index contributed by atoms with van der Waals surface area (Å²) < 4.78 is 2.11. The van der Waals surface area contributed by atoms with Crippen molar-refractivity contribution in [2.45, 2.75) is 63.3 Å². The minimum atomic E-state index is -0.135. The van der Waals surface area contributed by atoms with Crippen LogP contribution in [0.15, 0.2) is 12.7 Å². The standard InChI is InChI=1S/C21H31N5O/c27-18(25-5-3-19(13-25)2-1-4-22-12-19)20-7-16-6-17(8-20)10-21(9-16,11-20)26-15-23-14-24-26/h14-17,22H,1-13H2/t16-,17-,19+,20?,21?/m0/s1. The Balaban J connectivity index is 1.29. The smallest absolute Gasteiger partial charge is 0.228 e. The monoisotopic (exact) mass is 369 g/mol. The van der Waals surface area contributed by atoms with Crippen LogP contribution in [0.3, 0.4) is 0 Å². The predicted octanol–water partition coefficient (Wildman–Crippen LogP) is 2.18. The summed E-state index contributed by atoms with van der Waals surface area (Å²) in [4.78, 5) is 20.4. The quantitative estimate of drug-likeness (QED) is 0.868. The number of likely N-dealkylation sites (tertiary alicyclic amines) is 1. The molecular weight excluding hydrogens is 338 g/mol. The molecule has 6 aliphatic rings. The third-order valence-electron chi connectivity index (χ3n) is 8.67. The molecular formula is C21H31N5O. The number of piperidine rings is 1. The van der Waals surface area contributed by atoms with E-state index in [-0.39, 0.29) is 11.0 Å². The second kappa shape index (κ2) is 5.56. The zero-order chi connectivity index (χ0) is 18.1. The predicted molar refractivity (Wildman–Crippen MR) is 101 cm³/mol. The second-order valence-electron chi connectivity index (χ2n) is 10.6. The van der Waals surface area contributed by atoms with Gasteiger partial charge in [-0.05, 0) is 76.2 Å². The lowest BCUT2D eigenvalue weighted by molar-refractivity contribution is -0.166. The number of hydrogen-bond acceptors (Lipinski definition) is 4. The number of carbonyl (C=O) groups excluding carboxylic acids is 1. The van der Waals surface area contributed by atoms with Crippen molar-refractivity contribution < 1.29 is 4.79 Å². The van der Waals surface area contributed by atoms with Crippen LogP contribution in [0.1, 0.15) is 57.8 Å². The summed E-state index contributed by atoms with van der Waals surface area (Å²) in [5, 5.41) is 8.12. The molecule has 6 heteroatoms. The largest absolute Gasteiger partial charge is 0.342 e. The van der Waals surface area contributed by atoms with Crippen LogP contribution in [-0.4, -0.2) is 51.8 Å². The molecule has 1 spiro atoms. The van der Waals surface area contributed by atoms with Crippen molar-refractivity contribution >= 4 is 5.91 Å². The Morgan fingerprint density at radius 3 is 2.70 bits per heavy atom. The molecule has 1 aromatic heterocycles. The maximum absolute atomic E-state index is 13.9. The van der Waals surface area contributed by atoms with E-state index in [0.717, 1.165) is 45.4 Å². The van der Waals surface area contributed by atoms with E-state index >= 15 is 0 Å². The Labute approximate surface area is 161 Å². The van der Waals surface area contributed by atoms with Gasteiger partial charge in [-0.1, -0.05) is 0 Å². The fourth-order valence-electron chi connectivity index (χ4n) is 8.01. The highest BCUT2D eigenvalue weighted by atomic mass is 16.2. The average Bonchev–Trinajstić information content (AvgIpc) is 3.32. The van der Waals surface area contributed by atoms with Gasteiger partial charge in [-0.3, -0.25) is 4.79 Å². The van der Waals surface area contributed by atoms with Crippen LogP contribution in [0.2, 0.25) is 0 Å². The van der Waals surface area contributed by atoms with Gasteiger partial charge in [0.05, 0.1) is 11.0 Å². The van der Waals surface area contributed by atoms with Crippen molar-refractivity contribution in [3.05, 3.63) is 12.7 Å². The van der Waals surface area contributed by atoms with Crippen LogP contribution in [-0.2, 0) is 10.3 Å². The van der Waals surface area contributed by atoms with Crippen molar-refractivity contribution in [1.82, 2.24) is 25.0 Å². The van der Waals surface area contributed by atoms with Crippen LogP contribution >= 0.6 is 0 Å². The zero-order valence-corrected chi connectivity index (χ0v) is 16.2. The molecule has 146 valence electrons. The van der Waals surface area contributed by atoms with Crippen molar-refractivity contribution in [2.75, 3.05) is 26.2 Å². The van der Waals surface area contributed by atoms with Gasteiger partial charge in [0, 0.05) is 25.0 Å². The minimum Gasteiger partial charge on any atom is -0.342 e. The first kappa shape index (κ1) is 16.5. The van der Waals surface area contributed by atoms with Gasteiger partial charge in [0.1, 0.15) is 12.7 Å². The summed E-state index contributed by atoms with van der Waals surface area (Å²) in [5.74, 6) is 1.85. The fraction of sp³-hybridized carbons (Fsp3) is 0.857. The van der Waals surface area contributed by atoms with Gasteiger partial charge in [-0.15, -0.1) is 0 Å². The van der Waals surface area contributed by atoms with Gasteiger partial charge in [0.15, 0.2) is 0 Å². The summed E-state index contributed by atoms with van der Waals surface area (Å²) in [6.45, 7) is 4.18. The molecule has 7 rings (SSSR count). The fourth-order valence-corrected chi connectivity index (χ4v) is 8.01. The molecule has 4 aliphatic carbocycles. The van der Waals surface area contributed by atoms with Crippen LogP contribution in [0, 0.1) is 22.7 Å². The molecule has 0 aromatic carbocycles. The molecule has 27 heavy (non-hydrogen) atoms. The number of nitrogens with one attached hydrogen (secondary N) is 1. The number of amides is 1. The van der Waals surface area contributed by atoms with E-state index in [0.29, 0.717) is 23.2 Å². The molecule has 2 aliphatic heterocycles. The minimum absolute atomic E-state index is 0.0417. The van der Waals surface area contributed by atoms with Gasteiger partial charge in [0.2, 0.25) is 5.91 Å².